The van der Waals surface area contributed by atoms with Gasteiger partial charge in [0.1, 0.15) is 11.3 Å². The molecule has 0 saturated heterocycles. The number of nitrogens with two attached hydrogens (primary N) is 1. The van der Waals surface area contributed by atoms with Gasteiger partial charge < -0.3 is 10.2 Å². The second-order valence-electron chi connectivity index (χ2n) is 5.15. The van der Waals surface area contributed by atoms with Crippen LogP contribution in [-0.2, 0) is 0 Å². The minimum atomic E-state index is -0.0984. The number of fused-ring (bicyclic) bond motifs is 1. The molecule has 0 radical (unpaired) electrons. The number of benzene rings is 1. The van der Waals surface area contributed by atoms with E-state index in [0.29, 0.717) is 5.02 Å². The van der Waals surface area contributed by atoms with Crippen molar-refractivity contribution in [3.63, 3.8) is 0 Å². The minimum absolute atomic E-state index is 0.0255. The zero-order valence-corrected chi connectivity index (χ0v) is 11.2. The van der Waals surface area contributed by atoms with Gasteiger partial charge >= 0.3 is 0 Å². The maximum absolute atomic E-state index is 6.26. The minimum Gasteiger partial charge on any atom is -0.459 e. The van der Waals surface area contributed by atoms with Gasteiger partial charge in [0, 0.05) is 10.4 Å². The average molecular weight is 252 g/mol. The molecule has 2 aromatic rings. The van der Waals surface area contributed by atoms with E-state index in [1.54, 1.807) is 0 Å². The van der Waals surface area contributed by atoms with Gasteiger partial charge in [-0.1, -0.05) is 32.4 Å². The van der Waals surface area contributed by atoms with Gasteiger partial charge in [-0.3, -0.25) is 0 Å². The van der Waals surface area contributed by atoms with Crippen molar-refractivity contribution in [1.29, 1.82) is 0 Å². The summed E-state index contributed by atoms with van der Waals surface area (Å²) in [5.74, 6) is 0.828. The van der Waals surface area contributed by atoms with Gasteiger partial charge in [0.05, 0.1) is 6.04 Å². The normalized spacial score (nSPS) is 14.2. The fourth-order valence-corrected chi connectivity index (χ4v) is 1.97. The Morgan fingerprint density at radius 2 is 2.06 bits per heavy atom. The van der Waals surface area contributed by atoms with Gasteiger partial charge in [-0.25, -0.2) is 0 Å². The Morgan fingerprint density at radius 3 is 2.71 bits per heavy atom. The summed E-state index contributed by atoms with van der Waals surface area (Å²) in [5, 5.41) is 1.73. The number of hydrogen-bond acceptors (Lipinski definition) is 2. The highest BCUT2D eigenvalue weighted by molar-refractivity contribution is 6.31. The van der Waals surface area contributed by atoms with E-state index in [9.17, 15) is 0 Å². The number of halogens is 1. The first kappa shape index (κ1) is 12.5. The van der Waals surface area contributed by atoms with E-state index in [1.165, 1.54) is 0 Å². The van der Waals surface area contributed by atoms with Crippen LogP contribution >= 0.6 is 11.6 Å². The zero-order valence-electron chi connectivity index (χ0n) is 10.5. The van der Waals surface area contributed by atoms with Crippen LogP contribution in [0, 0.1) is 5.41 Å². The molecule has 0 aliphatic rings. The zero-order chi connectivity index (χ0) is 12.6. The smallest absolute Gasteiger partial charge is 0.134 e. The lowest BCUT2D eigenvalue weighted by Gasteiger charge is -2.28. The fourth-order valence-electron chi connectivity index (χ4n) is 1.79. The van der Waals surface area contributed by atoms with Gasteiger partial charge in [0.25, 0.3) is 0 Å². The summed E-state index contributed by atoms with van der Waals surface area (Å²) in [5.41, 5.74) is 7.12. The van der Waals surface area contributed by atoms with Gasteiger partial charge in [-0.2, -0.15) is 0 Å². The number of hydrogen-bond donors (Lipinski definition) is 1. The van der Waals surface area contributed by atoms with Crippen LogP contribution < -0.4 is 5.73 Å². The predicted octanol–water partition coefficient (Wildman–Crippen LogP) is 4.52. The summed E-state index contributed by atoms with van der Waals surface area (Å²) >= 11 is 5.95. The van der Waals surface area contributed by atoms with Gasteiger partial charge in [0.2, 0.25) is 0 Å². The Labute approximate surface area is 107 Å². The van der Waals surface area contributed by atoms with Crippen LogP contribution in [0.25, 0.3) is 11.0 Å². The molecule has 1 aromatic heterocycles. The Kier molecular flexibility index (Phi) is 3.19. The predicted molar refractivity (Wildman–Crippen MR) is 72.2 cm³/mol. The molecule has 1 atom stereocenters. The molecule has 2 nitrogen and oxygen atoms in total. The van der Waals surface area contributed by atoms with Crippen LogP contribution in [0.1, 0.15) is 39.0 Å². The van der Waals surface area contributed by atoms with E-state index >= 15 is 0 Å². The third-order valence-electron chi connectivity index (χ3n) is 3.56. The SMILES string of the molecule is CCC(C)(C)C(N)c1cc2cc(Cl)ccc2o1. The summed E-state index contributed by atoms with van der Waals surface area (Å²) in [6, 6.07) is 7.50. The number of rotatable bonds is 3. The fraction of sp³-hybridized carbons (Fsp3) is 0.429. The lowest BCUT2D eigenvalue weighted by Crippen LogP contribution is -2.28. The first-order valence-electron chi connectivity index (χ1n) is 5.88. The van der Waals surface area contributed by atoms with E-state index in [0.717, 1.165) is 23.2 Å². The molecular formula is C14H18ClNO. The van der Waals surface area contributed by atoms with Crippen LogP contribution in [0.2, 0.25) is 5.02 Å². The lowest BCUT2D eigenvalue weighted by molar-refractivity contribution is 0.251. The van der Waals surface area contributed by atoms with Crippen molar-refractivity contribution in [1.82, 2.24) is 0 Å². The van der Waals surface area contributed by atoms with E-state index in [4.69, 9.17) is 21.8 Å². The van der Waals surface area contributed by atoms with Crippen LogP contribution in [-0.4, -0.2) is 0 Å². The van der Waals surface area contributed by atoms with Crippen LogP contribution in [0.15, 0.2) is 28.7 Å². The molecule has 2 rings (SSSR count). The molecule has 1 heterocycles. The van der Waals surface area contributed by atoms with E-state index in [1.807, 2.05) is 24.3 Å². The third-order valence-corrected chi connectivity index (χ3v) is 3.79. The molecule has 1 unspecified atom stereocenters. The quantitative estimate of drug-likeness (QED) is 0.871. The largest absolute Gasteiger partial charge is 0.459 e. The van der Waals surface area contributed by atoms with E-state index in [2.05, 4.69) is 20.8 Å². The highest BCUT2D eigenvalue weighted by Gasteiger charge is 2.28. The second-order valence-corrected chi connectivity index (χ2v) is 5.59. The molecular weight excluding hydrogens is 234 g/mol. The first-order valence-corrected chi connectivity index (χ1v) is 6.26. The molecule has 1 aromatic carbocycles. The van der Waals surface area contributed by atoms with Gasteiger partial charge in [0.15, 0.2) is 0 Å². The van der Waals surface area contributed by atoms with Crippen molar-refractivity contribution < 1.29 is 4.42 Å². The van der Waals surface area contributed by atoms with Gasteiger partial charge in [-0.05, 0) is 36.1 Å². The Bertz CT molecular complexity index is 530. The molecule has 0 aliphatic heterocycles. The van der Waals surface area contributed by atoms with E-state index in [-0.39, 0.29) is 11.5 Å². The molecule has 0 saturated carbocycles. The summed E-state index contributed by atoms with van der Waals surface area (Å²) in [6.07, 6.45) is 1.01. The maximum Gasteiger partial charge on any atom is 0.134 e. The highest BCUT2D eigenvalue weighted by atomic mass is 35.5. The van der Waals surface area contributed by atoms with Crippen molar-refractivity contribution in [2.45, 2.75) is 33.2 Å². The standard InChI is InChI=1S/C14H18ClNO/c1-4-14(2,3)13(16)12-8-9-7-10(15)5-6-11(9)17-12/h5-8,13H,4,16H2,1-3H3. The first-order chi connectivity index (χ1) is 7.94. The Hall–Kier alpha value is -0.990. The molecule has 2 N–H and O–H groups in total. The topological polar surface area (TPSA) is 39.2 Å². The van der Waals surface area contributed by atoms with E-state index < -0.39 is 0 Å². The molecule has 3 heteroatoms. The summed E-state index contributed by atoms with van der Waals surface area (Å²) in [6.45, 7) is 6.44. The summed E-state index contributed by atoms with van der Waals surface area (Å²) in [4.78, 5) is 0. The molecule has 0 spiro atoms. The van der Waals surface area contributed by atoms with Crippen molar-refractivity contribution in [3.05, 3.63) is 35.0 Å². The lowest BCUT2D eigenvalue weighted by atomic mass is 9.81. The molecule has 0 bridgehead atoms. The van der Waals surface area contributed by atoms with Crippen molar-refractivity contribution in [2.75, 3.05) is 0 Å². The average Bonchev–Trinajstić information content (AvgIpc) is 2.70. The molecule has 0 fully saturated rings. The van der Waals surface area contributed by atoms with Gasteiger partial charge in [-0.15, -0.1) is 0 Å². The summed E-state index contributed by atoms with van der Waals surface area (Å²) < 4.78 is 5.79. The van der Waals surface area contributed by atoms with Crippen molar-refractivity contribution >= 4 is 22.6 Å². The maximum atomic E-state index is 6.26. The second kappa shape index (κ2) is 4.35. The van der Waals surface area contributed by atoms with Crippen LogP contribution in [0.4, 0.5) is 0 Å². The molecule has 0 aliphatic carbocycles. The highest BCUT2D eigenvalue weighted by Crippen LogP contribution is 2.36. The summed E-state index contributed by atoms with van der Waals surface area (Å²) in [7, 11) is 0. The molecule has 17 heavy (non-hydrogen) atoms. The number of furan rings is 1. The third kappa shape index (κ3) is 2.33. The molecule has 92 valence electrons. The van der Waals surface area contributed by atoms with Crippen LogP contribution in [0.3, 0.4) is 0 Å². The molecule has 0 amide bonds. The monoisotopic (exact) mass is 251 g/mol. The van der Waals surface area contributed by atoms with Crippen LogP contribution in [0.5, 0.6) is 0 Å². The Morgan fingerprint density at radius 1 is 1.35 bits per heavy atom. The van der Waals surface area contributed by atoms with Crippen molar-refractivity contribution in [3.8, 4) is 0 Å². The van der Waals surface area contributed by atoms with Crippen molar-refractivity contribution in [2.24, 2.45) is 11.1 Å². The Balaban J connectivity index is 2.43.